The summed E-state index contributed by atoms with van der Waals surface area (Å²) in [5.74, 6) is -0.349. The molecule has 2 rings (SSSR count). The first kappa shape index (κ1) is 18.3. The molecule has 0 saturated heterocycles. The van der Waals surface area contributed by atoms with Gasteiger partial charge in [0, 0.05) is 7.05 Å². The summed E-state index contributed by atoms with van der Waals surface area (Å²) in [5.41, 5.74) is 0.00736. The van der Waals surface area contributed by atoms with E-state index in [2.05, 4.69) is 5.32 Å². The van der Waals surface area contributed by atoms with Gasteiger partial charge in [0.15, 0.2) is 0 Å². The molecule has 0 aromatic heterocycles. The number of fused-ring (bicyclic) bond motifs is 1. The number of anilines is 1. The van der Waals surface area contributed by atoms with Crippen LogP contribution in [0.2, 0.25) is 0 Å². The van der Waals surface area contributed by atoms with E-state index in [0.29, 0.717) is 11.3 Å². The molecule has 0 aliphatic carbocycles. The number of hydrogen-bond donors (Lipinski definition) is 1. The van der Waals surface area contributed by atoms with Crippen LogP contribution in [-0.2, 0) is 4.74 Å². The zero-order valence-electron chi connectivity index (χ0n) is 14.8. The van der Waals surface area contributed by atoms with E-state index < -0.39 is 11.7 Å². The molecule has 0 radical (unpaired) electrons. The van der Waals surface area contributed by atoms with Crippen molar-refractivity contribution in [2.45, 2.75) is 26.4 Å². The van der Waals surface area contributed by atoms with Crippen molar-refractivity contribution >= 4 is 28.5 Å². The zero-order chi connectivity index (χ0) is 18.6. The first-order chi connectivity index (χ1) is 11.7. The minimum Gasteiger partial charge on any atom is -0.444 e. The predicted octanol–water partition coefficient (Wildman–Crippen LogP) is 3.78. The number of nitrogens with one attached hydrogen (secondary N) is 1. The van der Waals surface area contributed by atoms with Crippen LogP contribution in [0, 0.1) is 11.3 Å². The smallest absolute Gasteiger partial charge is 0.412 e. The Morgan fingerprint density at radius 2 is 1.80 bits per heavy atom. The molecule has 0 spiro atoms. The summed E-state index contributed by atoms with van der Waals surface area (Å²) >= 11 is 0. The van der Waals surface area contributed by atoms with Crippen molar-refractivity contribution in [1.82, 2.24) is 4.90 Å². The third-order valence-corrected chi connectivity index (χ3v) is 3.41. The summed E-state index contributed by atoms with van der Waals surface area (Å²) in [4.78, 5) is 26.1. The van der Waals surface area contributed by atoms with Crippen molar-refractivity contribution < 1.29 is 14.3 Å². The van der Waals surface area contributed by atoms with Gasteiger partial charge in [-0.15, -0.1) is 0 Å². The summed E-state index contributed by atoms with van der Waals surface area (Å²) < 4.78 is 5.27. The Bertz CT molecular complexity index is 847. The second kappa shape index (κ2) is 7.22. The molecule has 0 fully saturated rings. The van der Waals surface area contributed by atoms with Gasteiger partial charge in [-0.1, -0.05) is 24.3 Å². The molecule has 130 valence electrons. The molecule has 0 unspecified atom stereocenters. The van der Waals surface area contributed by atoms with Gasteiger partial charge in [-0.3, -0.25) is 10.1 Å². The van der Waals surface area contributed by atoms with E-state index in [9.17, 15) is 9.59 Å². The number of rotatable bonds is 3. The van der Waals surface area contributed by atoms with Crippen LogP contribution < -0.4 is 5.32 Å². The largest absolute Gasteiger partial charge is 0.444 e. The number of benzene rings is 2. The van der Waals surface area contributed by atoms with Crippen LogP contribution >= 0.6 is 0 Å². The predicted molar refractivity (Wildman–Crippen MR) is 96.4 cm³/mol. The van der Waals surface area contributed by atoms with Gasteiger partial charge in [0.1, 0.15) is 12.1 Å². The lowest BCUT2D eigenvalue weighted by Crippen LogP contribution is -2.30. The van der Waals surface area contributed by atoms with E-state index in [4.69, 9.17) is 10.00 Å². The van der Waals surface area contributed by atoms with E-state index >= 15 is 0 Å². The van der Waals surface area contributed by atoms with E-state index in [1.165, 1.54) is 11.9 Å². The summed E-state index contributed by atoms with van der Waals surface area (Å²) in [6.45, 7) is 5.25. The van der Waals surface area contributed by atoms with E-state index in [1.54, 1.807) is 32.9 Å². The van der Waals surface area contributed by atoms with Crippen molar-refractivity contribution in [2.75, 3.05) is 18.9 Å². The fraction of sp³-hybridized carbons (Fsp3) is 0.316. The summed E-state index contributed by atoms with van der Waals surface area (Å²) in [6, 6.07) is 12.9. The summed E-state index contributed by atoms with van der Waals surface area (Å²) in [7, 11) is 1.54. The molecule has 0 heterocycles. The molecule has 2 amide bonds. The van der Waals surface area contributed by atoms with Crippen molar-refractivity contribution in [1.29, 1.82) is 5.26 Å². The number of amides is 2. The van der Waals surface area contributed by atoms with Gasteiger partial charge < -0.3 is 9.64 Å². The second-order valence-electron chi connectivity index (χ2n) is 6.69. The number of carbonyl (C=O) groups is 2. The van der Waals surface area contributed by atoms with Crippen molar-refractivity contribution in [3.63, 3.8) is 0 Å². The van der Waals surface area contributed by atoms with Crippen LogP contribution in [0.4, 0.5) is 10.5 Å². The summed E-state index contributed by atoms with van der Waals surface area (Å²) in [5, 5.41) is 13.2. The fourth-order valence-electron chi connectivity index (χ4n) is 2.32. The molecule has 0 atom stereocenters. The van der Waals surface area contributed by atoms with Crippen LogP contribution in [0.25, 0.3) is 10.8 Å². The van der Waals surface area contributed by atoms with Gasteiger partial charge in [0.05, 0.1) is 17.3 Å². The average Bonchev–Trinajstić information content (AvgIpc) is 2.52. The van der Waals surface area contributed by atoms with Gasteiger partial charge >= 0.3 is 6.09 Å². The molecule has 0 saturated carbocycles. The zero-order valence-corrected chi connectivity index (χ0v) is 14.8. The van der Waals surface area contributed by atoms with Crippen molar-refractivity contribution in [3.8, 4) is 6.07 Å². The van der Waals surface area contributed by atoms with E-state index in [0.717, 1.165) is 10.8 Å². The maximum Gasteiger partial charge on any atom is 0.412 e. The lowest BCUT2D eigenvalue weighted by Gasteiger charge is -2.21. The molecule has 0 aliphatic rings. The molecule has 25 heavy (non-hydrogen) atoms. The van der Waals surface area contributed by atoms with Crippen LogP contribution in [0.15, 0.2) is 36.4 Å². The minimum atomic E-state index is -0.650. The maximum atomic E-state index is 12.6. The molecule has 0 bridgehead atoms. The second-order valence-corrected chi connectivity index (χ2v) is 6.69. The van der Waals surface area contributed by atoms with Gasteiger partial charge in [-0.05, 0) is 43.7 Å². The average molecular weight is 339 g/mol. The normalized spacial score (nSPS) is 10.8. The molecule has 1 N–H and O–H groups in total. The van der Waals surface area contributed by atoms with Gasteiger partial charge in [0.25, 0.3) is 5.91 Å². The third kappa shape index (κ3) is 4.70. The maximum absolute atomic E-state index is 12.6. The summed E-state index contributed by atoms with van der Waals surface area (Å²) in [6.07, 6.45) is -0.639. The van der Waals surface area contributed by atoms with Gasteiger partial charge in [-0.2, -0.15) is 5.26 Å². The molecule has 2 aromatic rings. The van der Waals surface area contributed by atoms with Crippen LogP contribution in [0.1, 0.15) is 31.1 Å². The lowest BCUT2D eigenvalue weighted by atomic mass is 10.0. The highest BCUT2D eigenvalue weighted by molar-refractivity contribution is 6.07. The first-order valence-corrected chi connectivity index (χ1v) is 7.86. The number of hydrogen-bond acceptors (Lipinski definition) is 4. The van der Waals surface area contributed by atoms with Crippen molar-refractivity contribution in [2.24, 2.45) is 0 Å². The quantitative estimate of drug-likeness (QED) is 0.863. The van der Waals surface area contributed by atoms with E-state index in [1.807, 2.05) is 30.3 Å². The number of nitrogens with zero attached hydrogens (tertiary/aromatic N) is 2. The highest BCUT2D eigenvalue weighted by Crippen LogP contribution is 2.26. The van der Waals surface area contributed by atoms with Crippen molar-refractivity contribution in [3.05, 3.63) is 42.0 Å². The molecular formula is C19H21N3O3. The van der Waals surface area contributed by atoms with Crippen LogP contribution in [0.5, 0.6) is 0 Å². The Balaban J connectivity index is 2.45. The number of nitriles is 1. The Morgan fingerprint density at radius 3 is 2.36 bits per heavy atom. The topological polar surface area (TPSA) is 82.4 Å². The van der Waals surface area contributed by atoms with Crippen LogP contribution in [0.3, 0.4) is 0 Å². The fourth-order valence-corrected chi connectivity index (χ4v) is 2.32. The number of carbonyl (C=O) groups excluding carboxylic acids is 2. The molecular weight excluding hydrogens is 318 g/mol. The molecule has 6 heteroatoms. The highest BCUT2D eigenvalue weighted by atomic mass is 16.6. The van der Waals surface area contributed by atoms with Gasteiger partial charge in [0.2, 0.25) is 0 Å². The Labute approximate surface area is 147 Å². The van der Waals surface area contributed by atoms with Crippen LogP contribution in [-0.4, -0.2) is 36.1 Å². The van der Waals surface area contributed by atoms with Gasteiger partial charge in [-0.25, -0.2) is 4.79 Å². The first-order valence-electron chi connectivity index (χ1n) is 7.86. The Morgan fingerprint density at radius 1 is 1.20 bits per heavy atom. The minimum absolute atomic E-state index is 0.0441. The standard InChI is InChI=1S/C19H21N3O3/c1-19(2,3)25-18(24)21-16-12-14-8-6-5-7-13(14)11-15(16)17(23)22(4)10-9-20/h5-8,11-12H,10H2,1-4H3,(H,21,24). The monoisotopic (exact) mass is 339 g/mol. The lowest BCUT2D eigenvalue weighted by molar-refractivity contribution is 0.0636. The number of ether oxygens (including phenoxy) is 1. The molecule has 0 aliphatic heterocycles. The SMILES string of the molecule is CN(CC#N)C(=O)c1cc2ccccc2cc1NC(=O)OC(C)(C)C. The molecule has 6 nitrogen and oxygen atoms in total. The van der Waals surface area contributed by atoms with E-state index in [-0.39, 0.29) is 12.5 Å². The Kier molecular flexibility index (Phi) is 5.28. The molecule has 2 aromatic carbocycles. The Hall–Kier alpha value is -3.07. The third-order valence-electron chi connectivity index (χ3n) is 3.41. The highest BCUT2D eigenvalue weighted by Gasteiger charge is 2.21.